The van der Waals surface area contributed by atoms with Crippen molar-refractivity contribution >= 4 is 27.1 Å². The van der Waals surface area contributed by atoms with Gasteiger partial charge in [0, 0.05) is 43.1 Å². The van der Waals surface area contributed by atoms with Crippen LogP contribution < -0.4 is 15.4 Å². The molecule has 0 bridgehead atoms. The Morgan fingerprint density at radius 3 is 2.82 bits per heavy atom. The molecule has 0 atom stereocenters. The Bertz CT molecular complexity index is 1760. The SMILES string of the molecule is C=C1C=CC(S(=O)(=O)c2ccc(OC(F)F)c(-c3nn(C)cc3NC(=O)c3cnn4cccnc34)c2)=CN1. The van der Waals surface area contributed by atoms with Crippen LogP contribution in [0.3, 0.4) is 0 Å². The molecule has 38 heavy (non-hydrogen) atoms. The average molecular weight is 540 g/mol. The number of nitrogens with one attached hydrogen (secondary N) is 2. The molecule has 11 nitrogen and oxygen atoms in total. The van der Waals surface area contributed by atoms with Crippen molar-refractivity contribution in [2.75, 3.05) is 5.32 Å². The number of carbonyl (C=O) groups excluding carboxylic acids is 1. The predicted octanol–water partition coefficient (Wildman–Crippen LogP) is 3.27. The molecule has 0 radical (unpaired) electrons. The summed E-state index contributed by atoms with van der Waals surface area (Å²) in [5, 5.41) is 13.8. The van der Waals surface area contributed by atoms with E-state index in [4.69, 9.17) is 0 Å². The molecule has 0 fully saturated rings. The minimum absolute atomic E-state index is 0.0117. The van der Waals surface area contributed by atoms with E-state index in [2.05, 4.69) is 37.1 Å². The summed E-state index contributed by atoms with van der Waals surface area (Å²) in [6, 6.07) is 5.09. The zero-order chi connectivity index (χ0) is 27.0. The van der Waals surface area contributed by atoms with Gasteiger partial charge in [-0.05, 0) is 36.4 Å². The van der Waals surface area contributed by atoms with Gasteiger partial charge in [-0.15, -0.1) is 0 Å². The van der Waals surface area contributed by atoms with E-state index in [9.17, 15) is 22.0 Å². The number of sulfone groups is 1. The summed E-state index contributed by atoms with van der Waals surface area (Å²) >= 11 is 0. The molecule has 0 saturated heterocycles. The van der Waals surface area contributed by atoms with Gasteiger partial charge >= 0.3 is 6.61 Å². The van der Waals surface area contributed by atoms with Gasteiger partial charge in [0.05, 0.1) is 21.7 Å². The number of fused-ring (bicyclic) bond motifs is 1. The minimum Gasteiger partial charge on any atom is -0.434 e. The molecule has 1 aromatic carbocycles. The van der Waals surface area contributed by atoms with E-state index in [-0.39, 0.29) is 38.1 Å². The van der Waals surface area contributed by atoms with Crippen molar-refractivity contribution in [1.29, 1.82) is 0 Å². The first-order chi connectivity index (χ1) is 18.1. The molecule has 194 valence electrons. The quantitative estimate of drug-likeness (QED) is 0.366. The molecule has 14 heteroatoms. The maximum atomic E-state index is 13.3. The van der Waals surface area contributed by atoms with E-state index in [1.54, 1.807) is 19.3 Å². The molecule has 5 rings (SSSR count). The Morgan fingerprint density at radius 2 is 2.08 bits per heavy atom. The summed E-state index contributed by atoms with van der Waals surface area (Å²) in [5.41, 5.74) is 1.02. The van der Waals surface area contributed by atoms with Crippen molar-refractivity contribution in [2.24, 2.45) is 7.05 Å². The molecular formula is C24H19F2N7O4S. The Balaban J connectivity index is 1.57. The molecule has 0 aliphatic carbocycles. The van der Waals surface area contributed by atoms with Gasteiger partial charge in [-0.2, -0.15) is 19.0 Å². The van der Waals surface area contributed by atoms with Crippen molar-refractivity contribution < 1.29 is 26.7 Å². The zero-order valence-electron chi connectivity index (χ0n) is 19.7. The number of rotatable bonds is 7. The number of hydrogen-bond donors (Lipinski definition) is 2. The van der Waals surface area contributed by atoms with Crippen molar-refractivity contribution in [3.8, 4) is 17.0 Å². The second-order valence-corrected chi connectivity index (χ2v) is 10.0. The number of carbonyl (C=O) groups is 1. The fourth-order valence-electron chi connectivity index (χ4n) is 3.76. The summed E-state index contributed by atoms with van der Waals surface area (Å²) in [5.74, 6) is -0.915. The van der Waals surface area contributed by atoms with Gasteiger partial charge in [0.1, 0.15) is 17.0 Å². The van der Waals surface area contributed by atoms with Crippen LogP contribution in [0.25, 0.3) is 16.9 Å². The number of anilines is 1. The molecule has 2 N–H and O–H groups in total. The van der Waals surface area contributed by atoms with Gasteiger partial charge in [0.2, 0.25) is 9.84 Å². The smallest absolute Gasteiger partial charge is 0.387 e. The molecule has 0 saturated carbocycles. The summed E-state index contributed by atoms with van der Waals surface area (Å²) in [4.78, 5) is 17.0. The monoisotopic (exact) mass is 539 g/mol. The van der Waals surface area contributed by atoms with Crippen LogP contribution in [0.5, 0.6) is 5.75 Å². The average Bonchev–Trinajstić information content (AvgIpc) is 3.47. The Labute approximate surface area is 214 Å². The van der Waals surface area contributed by atoms with Crippen LogP contribution in [0, 0.1) is 0 Å². The lowest BCUT2D eigenvalue weighted by molar-refractivity contribution is -0.0494. The molecule has 4 heterocycles. The van der Waals surface area contributed by atoms with Crippen molar-refractivity contribution in [3.63, 3.8) is 0 Å². The van der Waals surface area contributed by atoms with Crippen LogP contribution in [0.1, 0.15) is 10.4 Å². The number of amides is 1. The third kappa shape index (κ3) is 4.64. The van der Waals surface area contributed by atoms with Gasteiger partial charge in [0.25, 0.3) is 5.91 Å². The first kappa shape index (κ1) is 24.8. The molecule has 3 aromatic heterocycles. The highest BCUT2D eigenvalue weighted by atomic mass is 32.2. The summed E-state index contributed by atoms with van der Waals surface area (Å²) in [7, 11) is -2.51. The lowest BCUT2D eigenvalue weighted by Gasteiger charge is -2.15. The molecule has 1 amide bonds. The van der Waals surface area contributed by atoms with E-state index in [1.807, 2.05) is 0 Å². The summed E-state index contributed by atoms with van der Waals surface area (Å²) in [6.45, 7) is 0.495. The van der Waals surface area contributed by atoms with Gasteiger partial charge in [-0.25, -0.2) is 17.9 Å². The van der Waals surface area contributed by atoms with Crippen LogP contribution in [-0.4, -0.2) is 45.3 Å². The molecule has 4 aromatic rings. The highest BCUT2D eigenvalue weighted by molar-refractivity contribution is 7.95. The number of alkyl halides is 2. The van der Waals surface area contributed by atoms with E-state index in [0.29, 0.717) is 11.3 Å². The topological polar surface area (TPSA) is 133 Å². The molecule has 0 unspecified atom stereocenters. The number of aryl methyl sites for hydroxylation is 1. The number of benzene rings is 1. The van der Waals surface area contributed by atoms with Gasteiger partial charge in [-0.1, -0.05) is 6.58 Å². The molecule has 1 aliphatic heterocycles. The zero-order valence-corrected chi connectivity index (χ0v) is 20.5. The lowest BCUT2D eigenvalue weighted by atomic mass is 10.1. The third-order valence-electron chi connectivity index (χ3n) is 5.49. The number of allylic oxidation sites excluding steroid dienone is 2. The lowest BCUT2D eigenvalue weighted by Crippen LogP contribution is -2.14. The number of dihydropyridines is 1. The van der Waals surface area contributed by atoms with E-state index in [1.165, 1.54) is 52.2 Å². The van der Waals surface area contributed by atoms with Crippen molar-refractivity contribution in [1.82, 2.24) is 29.7 Å². The first-order valence-corrected chi connectivity index (χ1v) is 12.4. The first-order valence-electron chi connectivity index (χ1n) is 10.9. The number of halogens is 2. The van der Waals surface area contributed by atoms with Crippen molar-refractivity contribution in [3.05, 3.63) is 90.1 Å². The second-order valence-electron chi connectivity index (χ2n) is 8.05. The normalized spacial score (nSPS) is 13.5. The maximum absolute atomic E-state index is 13.3. The molecular weight excluding hydrogens is 520 g/mol. The Morgan fingerprint density at radius 1 is 1.26 bits per heavy atom. The van der Waals surface area contributed by atoms with Gasteiger partial charge in [-0.3, -0.25) is 9.48 Å². The second kappa shape index (κ2) is 9.55. The maximum Gasteiger partial charge on any atom is 0.387 e. The Kier molecular flexibility index (Phi) is 6.24. The third-order valence-corrected chi connectivity index (χ3v) is 7.24. The molecule has 1 aliphatic rings. The van der Waals surface area contributed by atoms with Crippen LogP contribution in [0.2, 0.25) is 0 Å². The highest BCUT2D eigenvalue weighted by Crippen LogP contribution is 2.38. The summed E-state index contributed by atoms with van der Waals surface area (Å²) in [6.07, 6.45) is 10.0. The number of ether oxygens (including phenoxy) is 1. The largest absolute Gasteiger partial charge is 0.434 e. The minimum atomic E-state index is -4.06. The standard InChI is InChI=1S/C24H19F2N7O4S/c1-14-4-5-16(11-28-14)38(35,36)15-6-7-20(37-24(25)26)17(10-15)21-19(13-32(2)31-21)30-23(34)18-12-29-33-9-3-8-27-22(18)33/h3-13,24,28H,1H2,2H3,(H,30,34). The Hall–Kier alpha value is -4.85. The van der Waals surface area contributed by atoms with E-state index in [0.717, 1.165) is 12.1 Å². The van der Waals surface area contributed by atoms with Crippen LogP contribution in [0.4, 0.5) is 14.5 Å². The number of aromatic nitrogens is 5. The predicted molar refractivity (Wildman–Crippen MR) is 133 cm³/mol. The summed E-state index contributed by atoms with van der Waals surface area (Å²) < 4.78 is 60.4. The highest BCUT2D eigenvalue weighted by Gasteiger charge is 2.26. The van der Waals surface area contributed by atoms with Crippen LogP contribution >= 0.6 is 0 Å². The fourth-order valence-corrected chi connectivity index (χ4v) is 5.02. The number of nitrogens with zero attached hydrogens (tertiary/aromatic N) is 5. The molecule has 0 spiro atoms. The van der Waals surface area contributed by atoms with Crippen molar-refractivity contribution in [2.45, 2.75) is 11.5 Å². The van der Waals surface area contributed by atoms with Gasteiger partial charge < -0.3 is 15.4 Å². The van der Waals surface area contributed by atoms with Gasteiger partial charge in [0.15, 0.2) is 5.65 Å². The number of hydrogen-bond acceptors (Lipinski definition) is 8. The van der Waals surface area contributed by atoms with Crippen LogP contribution in [0.15, 0.2) is 89.5 Å². The van der Waals surface area contributed by atoms with Crippen LogP contribution in [-0.2, 0) is 16.9 Å². The van der Waals surface area contributed by atoms with E-state index < -0.39 is 22.4 Å². The van der Waals surface area contributed by atoms with E-state index >= 15 is 0 Å². The fraction of sp³-hybridized carbons (Fsp3) is 0.0833.